The molecule has 3 nitrogen and oxygen atoms in total. The van der Waals surface area contributed by atoms with Crippen LogP contribution in [0.3, 0.4) is 0 Å². The number of ether oxygens (including phenoxy) is 1. The van der Waals surface area contributed by atoms with Crippen LogP contribution in [0.15, 0.2) is 0 Å². The second-order valence-corrected chi connectivity index (χ2v) is 5.74. The zero-order valence-electron chi connectivity index (χ0n) is 10.6. The highest BCUT2D eigenvalue weighted by atomic mass is 16.5. The van der Waals surface area contributed by atoms with Crippen LogP contribution in [0.5, 0.6) is 0 Å². The molecule has 15 heavy (non-hydrogen) atoms. The third-order valence-corrected chi connectivity index (χ3v) is 3.09. The third-order valence-electron chi connectivity index (χ3n) is 3.09. The van der Waals surface area contributed by atoms with E-state index in [4.69, 9.17) is 4.74 Å². The first-order valence-corrected chi connectivity index (χ1v) is 5.62. The first kappa shape index (κ1) is 12.5. The molecule has 0 aromatic heterocycles. The maximum absolute atomic E-state index is 12.2. The predicted octanol–water partition coefficient (Wildman–Crippen LogP) is 2.06. The summed E-state index contributed by atoms with van der Waals surface area (Å²) >= 11 is 0. The molecule has 0 spiro atoms. The summed E-state index contributed by atoms with van der Waals surface area (Å²) in [6.07, 6.45) is 2.13. The highest BCUT2D eigenvalue weighted by Gasteiger charge is 2.42. The zero-order valence-corrected chi connectivity index (χ0v) is 10.6. The molecule has 1 aliphatic rings. The summed E-state index contributed by atoms with van der Waals surface area (Å²) in [6.45, 7) is 9.54. The van der Waals surface area contributed by atoms with E-state index in [2.05, 4.69) is 6.92 Å². The van der Waals surface area contributed by atoms with Crippen molar-refractivity contribution in [2.24, 2.45) is 5.41 Å². The van der Waals surface area contributed by atoms with Crippen molar-refractivity contribution >= 4 is 5.91 Å². The fourth-order valence-electron chi connectivity index (χ4n) is 2.24. The fourth-order valence-corrected chi connectivity index (χ4v) is 2.24. The smallest absolute Gasteiger partial charge is 0.228 e. The minimum atomic E-state index is -0.292. The second-order valence-electron chi connectivity index (χ2n) is 5.74. The van der Waals surface area contributed by atoms with Crippen molar-refractivity contribution in [3.05, 3.63) is 0 Å². The molecule has 1 heterocycles. The number of rotatable bonds is 2. The van der Waals surface area contributed by atoms with Crippen molar-refractivity contribution in [3.63, 3.8) is 0 Å². The molecular formula is C12H23NO2. The molecule has 1 aliphatic heterocycles. The normalized spacial score (nSPS) is 27.1. The Morgan fingerprint density at radius 1 is 1.47 bits per heavy atom. The lowest BCUT2D eigenvalue weighted by Gasteiger charge is -2.38. The quantitative estimate of drug-likeness (QED) is 0.702. The molecule has 1 atom stereocenters. The van der Waals surface area contributed by atoms with Gasteiger partial charge in [-0.05, 0) is 19.8 Å². The molecule has 1 amide bonds. The summed E-state index contributed by atoms with van der Waals surface area (Å²) in [5, 5.41) is 0. The Morgan fingerprint density at radius 3 is 2.53 bits per heavy atom. The topological polar surface area (TPSA) is 29.5 Å². The van der Waals surface area contributed by atoms with E-state index in [1.165, 1.54) is 0 Å². The number of methoxy groups -OCH3 is 1. The fraction of sp³-hybridized carbons (Fsp3) is 0.917. The van der Waals surface area contributed by atoms with Crippen LogP contribution in [-0.4, -0.2) is 36.6 Å². The van der Waals surface area contributed by atoms with Crippen LogP contribution in [0, 0.1) is 5.41 Å². The molecule has 0 radical (unpaired) electrons. The molecule has 0 saturated carbocycles. The number of likely N-dealkylation sites (tertiary alicyclic amines) is 1. The molecule has 1 fully saturated rings. The van der Waals surface area contributed by atoms with Gasteiger partial charge in [0.1, 0.15) is 0 Å². The number of carbonyl (C=O) groups excluding carboxylic acids is 1. The summed E-state index contributed by atoms with van der Waals surface area (Å²) in [5.41, 5.74) is -0.390. The number of hydrogen-bond acceptors (Lipinski definition) is 2. The van der Waals surface area contributed by atoms with Gasteiger partial charge < -0.3 is 9.64 Å². The summed E-state index contributed by atoms with van der Waals surface area (Å²) < 4.78 is 5.23. The van der Waals surface area contributed by atoms with E-state index >= 15 is 0 Å². The molecule has 1 saturated heterocycles. The monoisotopic (exact) mass is 213 g/mol. The van der Waals surface area contributed by atoms with Crippen molar-refractivity contribution < 1.29 is 9.53 Å². The van der Waals surface area contributed by atoms with Gasteiger partial charge >= 0.3 is 0 Å². The Bertz CT molecular complexity index is 244. The molecule has 0 aliphatic carbocycles. The molecular weight excluding hydrogens is 190 g/mol. The lowest BCUT2D eigenvalue weighted by atomic mass is 9.91. The first-order chi connectivity index (χ1) is 6.81. The maximum atomic E-state index is 12.2. The molecule has 0 aromatic carbocycles. The number of nitrogens with zero attached hydrogens (tertiary/aromatic N) is 1. The Hall–Kier alpha value is -0.570. The van der Waals surface area contributed by atoms with Crippen molar-refractivity contribution in [3.8, 4) is 0 Å². The molecule has 0 aromatic rings. The van der Waals surface area contributed by atoms with Gasteiger partial charge in [-0.25, -0.2) is 0 Å². The van der Waals surface area contributed by atoms with Gasteiger partial charge in [-0.1, -0.05) is 20.8 Å². The van der Waals surface area contributed by atoms with E-state index in [-0.39, 0.29) is 16.9 Å². The van der Waals surface area contributed by atoms with Crippen LogP contribution >= 0.6 is 0 Å². The van der Waals surface area contributed by atoms with E-state index < -0.39 is 0 Å². The summed E-state index contributed by atoms with van der Waals surface area (Å²) in [6, 6.07) is 0. The standard InChI is InChI=1S/C12H23NO2/c1-11(2,3)10(14)13-8-6-7-12(13,4)9-15-5/h6-9H2,1-5H3. The van der Waals surface area contributed by atoms with Gasteiger partial charge in [-0.15, -0.1) is 0 Å². The van der Waals surface area contributed by atoms with Crippen molar-refractivity contribution in [1.29, 1.82) is 0 Å². The van der Waals surface area contributed by atoms with E-state index in [0.29, 0.717) is 6.61 Å². The van der Waals surface area contributed by atoms with Gasteiger partial charge in [0.2, 0.25) is 5.91 Å². The number of carbonyl (C=O) groups is 1. The average Bonchev–Trinajstić information content (AvgIpc) is 2.45. The first-order valence-electron chi connectivity index (χ1n) is 5.62. The Kier molecular flexibility index (Phi) is 3.44. The van der Waals surface area contributed by atoms with Crippen LogP contribution in [0.1, 0.15) is 40.5 Å². The van der Waals surface area contributed by atoms with E-state index in [0.717, 1.165) is 19.4 Å². The second kappa shape index (κ2) is 4.12. The SMILES string of the molecule is COCC1(C)CCCN1C(=O)C(C)(C)C. The van der Waals surface area contributed by atoms with Crippen molar-refractivity contribution in [2.45, 2.75) is 46.1 Å². The molecule has 0 bridgehead atoms. The average molecular weight is 213 g/mol. The van der Waals surface area contributed by atoms with Crippen LogP contribution in [0.2, 0.25) is 0 Å². The van der Waals surface area contributed by atoms with Gasteiger partial charge in [0.05, 0.1) is 12.1 Å². The molecule has 0 N–H and O–H groups in total. The van der Waals surface area contributed by atoms with Gasteiger partial charge in [0.15, 0.2) is 0 Å². The Morgan fingerprint density at radius 2 is 2.07 bits per heavy atom. The Labute approximate surface area is 92.8 Å². The summed E-state index contributed by atoms with van der Waals surface area (Å²) in [7, 11) is 1.70. The molecule has 88 valence electrons. The van der Waals surface area contributed by atoms with Crippen LogP contribution in [0.4, 0.5) is 0 Å². The largest absolute Gasteiger partial charge is 0.382 e. The van der Waals surface area contributed by atoms with Crippen LogP contribution in [-0.2, 0) is 9.53 Å². The summed E-state index contributed by atoms with van der Waals surface area (Å²) in [4.78, 5) is 14.2. The van der Waals surface area contributed by atoms with Crippen molar-refractivity contribution in [2.75, 3.05) is 20.3 Å². The van der Waals surface area contributed by atoms with E-state index in [1.54, 1.807) is 7.11 Å². The lowest BCUT2D eigenvalue weighted by molar-refractivity contribution is -0.145. The molecule has 1 rings (SSSR count). The number of amides is 1. The summed E-state index contributed by atoms with van der Waals surface area (Å²) in [5.74, 6) is 0.236. The van der Waals surface area contributed by atoms with E-state index in [1.807, 2.05) is 25.7 Å². The predicted molar refractivity (Wildman–Crippen MR) is 60.7 cm³/mol. The van der Waals surface area contributed by atoms with Gasteiger partial charge in [0.25, 0.3) is 0 Å². The van der Waals surface area contributed by atoms with Crippen LogP contribution < -0.4 is 0 Å². The van der Waals surface area contributed by atoms with Gasteiger partial charge in [-0.2, -0.15) is 0 Å². The minimum absolute atomic E-state index is 0.0981. The number of hydrogen-bond donors (Lipinski definition) is 0. The minimum Gasteiger partial charge on any atom is -0.382 e. The molecule has 1 unspecified atom stereocenters. The third kappa shape index (κ3) is 2.51. The molecule has 3 heteroatoms. The lowest BCUT2D eigenvalue weighted by Crippen LogP contribution is -2.51. The Balaban J connectivity index is 2.81. The van der Waals surface area contributed by atoms with Gasteiger partial charge in [-0.3, -0.25) is 4.79 Å². The van der Waals surface area contributed by atoms with Crippen molar-refractivity contribution in [1.82, 2.24) is 4.90 Å². The van der Waals surface area contributed by atoms with E-state index in [9.17, 15) is 4.79 Å². The van der Waals surface area contributed by atoms with Crippen LogP contribution in [0.25, 0.3) is 0 Å². The van der Waals surface area contributed by atoms with Gasteiger partial charge in [0, 0.05) is 19.1 Å². The zero-order chi connectivity index (χ0) is 11.7. The maximum Gasteiger partial charge on any atom is 0.228 e. The highest BCUT2D eigenvalue weighted by Crippen LogP contribution is 2.33. The highest BCUT2D eigenvalue weighted by molar-refractivity contribution is 5.82.